The number of fused-ring (bicyclic) bond motifs is 1. The summed E-state index contributed by atoms with van der Waals surface area (Å²) in [6.07, 6.45) is 1.52. The highest BCUT2D eigenvalue weighted by Gasteiger charge is 2.21. The molecule has 4 N–H and O–H groups in total. The van der Waals surface area contributed by atoms with Gasteiger partial charge in [-0.05, 0) is 18.1 Å². The molecule has 0 saturated carbocycles. The lowest BCUT2D eigenvalue weighted by Crippen LogP contribution is -2.42. The fourth-order valence-electron chi connectivity index (χ4n) is 2.47. The third-order valence-corrected chi connectivity index (χ3v) is 3.62. The van der Waals surface area contributed by atoms with Gasteiger partial charge in [-0.25, -0.2) is 4.79 Å². The first-order valence-electron chi connectivity index (χ1n) is 7.36. The topological polar surface area (TPSA) is 124 Å². The standard InChI is InChI=1S/C16H19N3O5/c1-24-19-9-10(11-4-2-3-5-13(11)19)8-15(21)18-12(16(22)23)6-7-14(17)20/h2-5,9,12H,6-8H2,1H3,(H2,17,20)(H,18,21)(H,22,23)/t12-/m0/s1. The molecule has 1 heterocycles. The van der Waals surface area contributed by atoms with E-state index in [0.29, 0.717) is 5.56 Å². The number of carboxylic acid groups (broad SMARTS) is 1. The fourth-order valence-corrected chi connectivity index (χ4v) is 2.47. The molecule has 128 valence electrons. The van der Waals surface area contributed by atoms with E-state index >= 15 is 0 Å². The molecular formula is C16H19N3O5. The number of carbonyl (C=O) groups is 3. The monoisotopic (exact) mass is 333 g/mol. The van der Waals surface area contributed by atoms with Crippen molar-refractivity contribution < 1.29 is 24.3 Å². The second-order valence-electron chi connectivity index (χ2n) is 5.32. The average Bonchev–Trinajstić information content (AvgIpc) is 2.89. The number of amides is 2. The zero-order valence-corrected chi connectivity index (χ0v) is 13.2. The minimum atomic E-state index is -1.20. The number of nitrogens with two attached hydrogens (primary N) is 1. The summed E-state index contributed by atoms with van der Waals surface area (Å²) in [7, 11) is 1.51. The van der Waals surface area contributed by atoms with Crippen molar-refractivity contribution in [3.8, 4) is 0 Å². The maximum Gasteiger partial charge on any atom is 0.326 e. The largest absolute Gasteiger partial charge is 0.480 e. The highest BCUT2D eigenvalue weighted by atomic mass is 16.6. The van der Waals surface area contributed by atoms with Crippen molar-refractivity contribution in [1.82, 2.24) is 10.0 Å². The van der Waals surface area contributed by atoms with Gasteiger partial charge in [0.1, 0.15) is 13.2 Å². The summed E-state index contributed by atoms with van der Waals surface area (Å²) in [5.74, 6) is -2.27. The van der Waals surface area contributed by atoms with Crippen molar-refractivity contribution in [2.45, 2.75) is 25.3 Å². The predicted octanol–water partition coefficient (Wildman–Crippen LogP) is 0.0771. The van der Waals surface area contributed by atoms with Crippen LogP contribution in [-0.2, 0) is 20.8 Å². The van der Waals surface area contributed by atoms with Gasteiger partial charge < -0.3 is 21.0 Å². The molecule has 0 aliphatic rings. The van der Waals surface area contributed by atoms with Crippen molar-refractivity contribution >= 4 is 28.7 Å². The number of carboxylic acids is 1. The number of carbonyl (C=O) groups excluding carboxylic acids is 2. The minimum Gasteiger partial charge on any atom is -0.480 e. The molecule has 2 amide bonds. The molecule has 1 aromatic carbocycles. The van der Waals surface area contributed by atoms with Crippen LogP contribution in [0, 0.1) is 0 Å². The van der Waals surface area contributed by atoms with Crippen molar-refractivity contribution in [3.63, 3.8) is 0 Å². The number of para-hydroxylation sites is 1. The van der Waals surface area contributed by atoms with Gasteiger partial charge in [-0.1, -0.05) is 18.2 Å². The first-order valence-corrected chi connectivity index (χ1v) is 7.36. The average molecular weight is 333 g/mol. The van der Waals surface area contributed by atoms with Gasteiger partial charge in [0.15, 0.2) is 0 Å². The van der Waals surface area contributed by atoms with Crippen LogP contribution >= 0.6 is 0 Å². The van der Waals surface area contributed by atoms with Gasteiger partial charge in [-0.2, -0.15) is 4.73 Å². The van der Waals surface area contributed by atoms with Crippen LogP contribution in [0.25, 0.3) is 10.9 Å². The predicted molar refractivity (Wildman–Crippen MR) is 86.1 cm³/mol. The Kier molecular flexibility index (Phi) is 5.41. The Morgan fingerprint density at radius 2 is 2.04 bits per heavy atom. The molecule has 0 aliphatic heterocycles. The highest BCUT2D eigenvalue weighted by molar-refractivity contribution is 5.91. The van der Waals surface area contributed by atoms with Gasteiger partial charge in [0.25, 0.3) is 0 Å². The number of hydrogen-bond acceptors (Lipinski definition) is 4. The van der Waals surface area contributed by atoms with Gasteiger partial charge in [-0.15, -0.1) is 0 Å². The number of nitrogens with one attached hydrogen (secondary N) is 1. The normalized spacial score (nSPS) is 11.9. The molecule has 0 unspecified atom stereocenters. The maximum atomic E-state index is 12.2. The van der Waals surface area contributed by atoms with E-state index in [9.17, 15) is 14.4 Å². The summed E-state index contributed by atoms with van der Waals surface area (Å²) >= 11 is 0. The van der Waals surface area contributed by atoms with E-state index in [1.54, 1.807) is 10.9 Å². The molecule has 0 bridgehead atoms. The Morgan fingerprint density at radius 3 is 2.67 bits per heavy atom. The highest BCUT2D eigenvalue weighted by Crippen LogP contribution is 2.20. The van der Waals surface area contributed by atoms with E-state index in [2.05, 4.69) is 5.32 Å². The molecule has 8 heteroatoms. The molecule has 24 heavy (non-hydrogen) atoms. The van der Waals surface area contributed by atoms with E-state index in [-0.39, 0.29) is 19.3 Å². The second-order valence-corrected chi connectivity index (χ2v) is 5.32. The number of primary amides is 1. The number of benzene rings is 1. The molecule has 1 atom stereocenters. The van der Waals surface area contributed by atoms with Crippen LogP contribution in [0.4, 0.5) is 0 Å². The Morgan fingerprint density at radius 1 is 1.33 bits per heavy atom. The van der Waals surface area contributed by atoms with Crippen LogP contribution in [0.5, 0.6) is 0 Å². The van der Waals surface area contributed by atoms with Crippen molar-refractivity contribution in [3.05, 3.63) is 36.0 Å². The number of aromatic nitrogens is 1. The van der Waals surface area contributed by atoms with Crippen LogP contribution in [0.3, 0.4) is 0 Å². The lowest BCUT2D eigenvalue weighted by atomic mass is 10.1. The fraction of sp³-hybridized carbons (Fsp3) is 0.312. The van der Waals surface area contributed by atoms with E-state index in [1.165, 1.54) is 7.11 Å². The minimum absolute atomic E-state index is 0.00275. The number of aliphatic carboxylic acids is 1. The van der Waals surface area contributed by atoms with Crippen molar-refractivity contribution in [2.24, 2.45) is 5.73 Å². The lowest BCUT2D eigenvalue weighted by molar-refractivity contribution is -0.142. The molecule has 0 spiro atoms. The summed E-state index contributed by atoms with van der Waals surface area (Å²) in [6.45, 7) is 0. The van der Waals surface area contributed by atoms with Gasteiger partial charge in [-0.3, -0.25) is 9.59 Å². The molecule has 0 saturated heterocycles. The summed E-state index contributed by atoms with van der Waals surface area (Å²) in [5.41, 5.74) is 6.54. The molecule has 0 radical (unpaired) electrons. The first kappa shape index (κ1) is 17.3. The van der Waals surface area contributed by atoms with Gasteiger partial charge in [0.2, 0.25) is 11.8 Å². The zero-order valence-electron chi connectivity index (χ0n) is 13.2. The molecule has 0 fully saturated rings. The molecule has 0 aliphatic carbocycles. The van der Waals surface area contributed by atoms with Crippen LogP contribution < -0.4 is 15.9 Å². The van der Waals surface area contributed by atoms with Gasteiger partial charge >= 0.3 is 5.97 Å². The molecule has 2 aromatic rings. The Bertz CT molecular complexity index is 768. The van der Waals surface area contributed by atoms with E-state index < -0.39 is 23.8 Å². The molecular weight excluding hydrogens is 314 g/mol. The number of hydrogen-bond donors (Lipinski definition) is 3. The Hall–Kier alpha value is -3.03. The van der Waals surface area contributed by atoms with E-state index in [0.717, 1.165) is 10.9 Å². The molecule has 2 rings (SSSR count). The Labute approximate surface area is 138 Å². The van der Waals surface area contributed by atoms with Crippen LogP contribution in [0.15, 0.2) is 30.5 Å². The summed E-state index contributed by atoms with van der Waals surface area (Å²) in [4.78, 5) is 39.3. The third-order valence-electron chi connectivity index (χ3n) is 3.62. The number of nitrogens with zero attached hydrogens (tertiary/aromatic N) is 1. The third kappa shape index (κ3) is 4.03. The summed E-state index contributed by atoms with van der Waals surface area (Å²) in [6, 6.07) is 6.26. The van der Waals surface area contributed by atoms with Crippen LogP contribution in [-0.4, -0.2) is 40.8 Å². The van der Waals surface area contributed by atoms with Crippen LogP contribution in [0.1, 0.15) is 18.4 Å². The quantitative estimate of drug-likeness (QED) is 0.631. The first-order chi connectivity index (χ1) is 11.4. The van der Waals surface area contributed by atoms with Gasteiger partial charge in [0, 0.05) is 18.0 Å². The van der Waals surface area contributed by atoms with Crippen molar-refractivity contribution in [2.75, 3.05) is 7.11 Å². The maximum absolute atomic E-state index is 12.2. The zero-order chi connectivity index (χ0) is 17.7. The van der Waals surface area contributed by atoms with E-state index in [1.807, 2.05) is 24.3 Å². The molecule has 1 aromatic heterocycles. The van der Waals surface area contributed by atoms with E-state index in [4.69, 9.17) is 15.7 Å². The summed E-state index contributed by atoms with van der Waals surface area (Å²) in [5, 5.41) is 12.4. The lowest BCUT2D eigenvalue weighted by Gasteiger charge is -2.13. The molecule has 8 nitrogen and oxygen atoms in total. The number of rotatable bonds is 8. The smallest absolute Gasteiger partial charge is 0.326 e. The van der Waals surface area contributed by atoms with Gasteiger partial charge in [0.05, 0.1) is 11.9 Å². The van der Waals surface area contributed by atoms with Crippen molar-refractivity contribution in [1.29, 1.82) is 0 Å². The SMILES string of the molecule is COn1cc(CC(=O)N[C@@H](CCC(N)=O)C(=O)O)c2ccccc21. The summed E-state index contributed by atoms with van der Waals surface area (Å²) < 4.78 is 1.54. The second kappa shape index (κ2) is 7.49. The van der Waals surface area contributed by atoms with Crippen LogP contribution in [0.2, 0.25) is 0 Å². The Balaban J connectivity index is 2.11.